The number of rotatable bonds is 14. The van der Waals surface area contributed by atoms with Gasteiger partial charge in [-0.3, -0.25) is 0 Å². The second kappa shape index (κ2) is 19.8. The molecule has 302 valence electrons. The van der Waals surface area contributed by atoms with Crippen LogP contribution in [0.5, 0.6) is 17.2 Å². The molecule has 1 aromatic heterocycles. The standard InChI is InChI=1S/C23H26F3N4O7PS2.2C2HF3O2/c24-23(25,26)20-19-16(13-29)21(36-11-5-9-28)17(35-10-4-8-27)12-18(19)39-22(20)40(33,34)30-14-38(31,32)37-15-6-2-1-3-7-15;2*3-2(4,5)1(6)7/h1-3,6-7,12,30H,4-5,8-11,14,27-28H2,(H,31,32);2*(H,6,7). The summed E-state index contributed by atoms with van der Waals surface area (Å²) in [5.74, 6) is -5.93. The predicted molar refractivity (Wildman–Crippen MR) is 169 cm³/mol. The van der Waals surface area contributed by atoms with E-state index in [2.05, 4.69) is 0 Å². The fraction of sp³-hybridized carbons (Fsp3) is 0.370. The number of aliphatic carboxylic acids is 2. The van der Waals surface area contributed by atoms with E-state index < -0.39 is 75.1 Å². The Bertz CT molecular complexity index is 1910. The molecule has 0 aliphatic carbocycles. The molecule has 0 bridgehead atoms. The number of nitrogens with zero attached hydrogens (tertiary/aromatic N) is 1. The van der Waals surface area contributed by atoms with Gasteiger partial charge < -0.3 is 40.6 Å². The zero-order valence-electron chi connectivity index (χ0n) is 26.8. The minimum absolute atomic E-state index is 0.0463. The molecule has 3 rings (SSSR count). The maximum absolute atomic E-state index is 14.4. The number of para-hydroxylation sites is 1. The van der Waals surface area contributed by atoms with Crippen molar-refractivity contribution in [1.82, 2.24) is 4.72 Å². The summed E-state index contributed by atoms with van der Waals surface area (Å²) in [5, 5.41) is 23.4. The summed E-state index contributed by atoms with van der Waals surface area (Å²) in [6, 6.07) is 10.1. The SMILES string of the molecule is N#Cc1c(OCCCN)c(OCCCN)cc2sc(S(=O)(=O)NCP(=O)(O)Oc3ccccc3)c(C(F)(F)F)c12.O=C(O)C(F)(F)F.O=C(O)C(F)(F)F. The molecule has 0 aliphatic rings. The summed E-state index contributed by atoms with van der Waals surface area (Å²) in [4.78, 5) is 27.9. The number of halogens is 9. The zero-order valence-corrected chi connectivity index (χ0v) is 29.3. The van der Waals surface area contributed by atoms with Crippen molar-refractivity contribution in [2.45, 2.75) is 35.6 Å². The third-order valence-electron chi connectivity index (χ3n) is 5.64. The minimum Gasteiger partial charge on any atom is -0.490 e. The fourth-order valence-electron chi connectivity index (χ4n) is 3.44. The van der Waals surface area contributed by atoms with Crippen molar-refractivity contribution in [2.24, 2.45) is 11.5 Å². The van der Waals surface area contributed by atoms with E-state index in [-0.39, 0.29) is 59.6 Å². The average molecular weight is 851 g/mol. The van der Waals surface area contributed by atoms with Crippen molar-refractivity contribution in [1.29, 1.82) is 5.26 Å². The molecule has 0 fully saturated rings. The van der Waals surface area contributed by atoms with Gasteiger partial charge in [-0.25, -0.2) is 22.6 Å². The molecule has 15 nitrogen and oxygen atoms in total. The van der Waals surface area contributed by atoms with E-state index in [1.54, 1.807) is 16.9 Å². The lowest BCUT2D eigenvalue weighted by molar-refractivity contribution is -0.193. The van der Waals surface area contributed by atoms with Crippen LogP contribution in [0.3, 0.4) is 0 Å². The molecular weight excluding hydrogens is 822 g/mol. The molecule has 0 amide bonds. The summed E-state index contributed by atoms with van der Waals surface area (Å²) in [6.07, 6.45) is -15.9. The topological polar surface area (TPSA) is 262 Å². The highest BCUT2D eigenvalue weighted by Crippen LogP contribution is 2.50. The van der Waals surface area contributed by atoms with Gasteiger partial charge >= 0.3 is 38.1 Å². The normalized spacial score (nSPS) is 12.9. The number of nitrogens with two attached hydrogens (primary N) is 2. The number of sulfonamides is 1. The van der Waals surface area contributed by atoms with Gasteiger partial charge in [0.2, 0.25) is 0 Å². The van der Waals surface area contributed by atoms with Crippen LogP contribution in [0.2, 0.25) is 0 Å². The second-order valence-corrected chi connectivity index (χ2v) is 14.5. The Labute approximate surface area is 302 Å². The van der Waals surface area contributed by atoms with E-state index in [1.807, 2.05) is 0 Å². The molecule has 1 atom stereocenters. The molecule has 0 aliphatic heterocycles. The van der Waals surface area contributed by atoms with Gasteiger partial charge in [0.05, 0.1) is 18.8 Å². The van der Waals surface area contributed by atoms with Gasteiger partial charge in [0, 0.05) is 16.2 Å². The number of hydrogen-bond acceptors (Lipinski definition) is 12. The Hall–Kier alpha value is -4.38. The number of thiophene rings is 1. The zero-order chi connectivity index (χ0) is 41.7. The Morgan fingerprint density at radius 1 is 0.907 bits per heavy atom. The molecule has 0 spiro atoms. The lowest BCUT2D eigenvalue weighted by Gasteiger charge is -2.16. The molecule has 54 heavy (non-hydrogen) atoms. The van der Waals surface area contributed by atoms with Crippen LogP contribution < -0.4 is 30.2 Å². The van der Waals surface area contributed by atoms with Crippen LogP contribution in [-0.4, -0.2) is 80.4 Å². The summed E-state index contributed by atoms with van der Waals surface area (Å²) < 4.78 is 162. The Kier molecular flexibility index (Phi) is 17.5. The molecule has 27 heteroatoms. The first-order valence-electron chi connectivity index (χ1n) is 14.2. The first kappa shape index (κ1) is 47.6. The number of ether oxygens (including phenoxy) is 2. The van der Waals surface area contributed by atoms with Crippen LogP contribution in [0.25, 0.3) is 10.1 Å². The largest absolute Gasteiger partial charge is 0.490 e. The third-order valence-corrected chi connectivity index (χ3v) is 9.96. The number of nitrogens with one attached hydrogen (secondary N) is 1. The number of carboxylic acids is 2. The number of alkyl halides is 9. The van der Waals surface area contributed by atoms with E-state index >= 15 is 0 Å². The van der Waals surface area contributed by atoms with E-state index in [1.165, 1.54) is 24.3 Å². The molecule has 2 aromatic carbocycles. The van der Waals surface area contributed by atoms with E-state index in [0.717, 1.165) is 6.07 Å². The number of benzene rings is 2. The highest BCUT2D eigenvalue weighted by Gasteiger charge is 2.44. The summed E-state index contributed by atoms with van der Waals surface area (Å²) in [5.41, 5.74) is 8.74. The van der Waals surface area contributed by atoms with Gasteiger partial charge in [-0.1, -0.05) is 18.2 Å². The summed E-state index contributed by atoms with van der Waals surface area (Å²) in [7, 11) is -9.71. The Morgan fingerprint density at radius 3 is 1.81 bits per heavy atom. The van der Waals surface area contributed by atoms with Crippen LogP contribution in [0.15, 0.2) is 40.6 Å². The van der Waals surface area contributed by atoms with Crippen molar-refractivity contribution in [2.75, 3.05) is 32.6 Å². The molecule has 1 heterocycles. The maximum atomic E-state index is 14.4. The van der Waals surface area contributed by atoms with Crippen LogP contribution in [0.1, 0.15) is 24.0 Å². The lowest BCUT2D eigenvalue weighted by Crippen LogP contribution is -2.27. The first-order chi connectivity index (χ1) is 24.7. The minimum atomic E-state index is -5.24. The highest BCUT2D eigenvalue weighted by atomic mass is 32.2. The van der Waals surface area contributed by atoms with Gasteiger partial charge in [-0.05, 0) is 38.1 Å². The number of hydrogen-bond donors (Lipinski definition) is 6. The van der Waals surface area contributed by atoms with Crippen molar-refractivity contribution in [3.05, 3.63) is 47.5 Å². The van der Waals surface area contributed by atoms with Crippen molar-refractivity contribution >= 4 is 51.0 Å². The second-order valence-electron chi connectivity index (χ2n) is 9.76. The smallest absolute Gasteiger partial charge is 0.490 e. The van der Waals surface area contributed by atoms with Gasteiger partial charge in [0.1, 0.15) is 27.9 Å². The molecule has 0 saturated heterocycles. The number of fused-ring (bicyclic) bond motifs is 1. The molecule has 0 radical (unpaired) electrons. The van der Waals surface area contributed by atoms with Crippen LogP contribution in [0, 0.1) is 11.3 Å². The number of nitriles is 1. The fourth-order valence-corrected chi connectivity index (χ4v) is 7.78. The quantitative estimate of drug-likeness (QED) is 0.0708. The maximum Gasteiger partial charge on any atom is 0.490 e. The van der Waals surface area contributed by atoms with Crippen LogP contribution in [-0.2, 0) is 30.4 Å². The molecule has 0 saturated carbocycles. The Morgan fingerprint density at radius 2 is 1.39 bits per heavy atom. The number of carbonyl (C=O) groups is 2. The van der Waals surface area contributed by atoms with Gasteiger partial charge in [-0.15, -0.1) is 11.3 Å². The van der Waals surface area contributed by atoms with E-state index in [9.17, 15) is 62.7 Å². The van der Waals surface area contributed by atoms with Gasteiger partial charge in [0.25, 0.3) is 10.0 Å². The Balaban J connectivity index is 0.000000879. The monoisotopic (exact) mass is 850 g/mol. The van der Waals surface area contributed by atoms with Gasteiger partial charge in [0.15, 0.2) is 11.5 Å². The summed E-state index contributed by atoms with van der Waals surface area (Å²) in [6.45, 7) is 0.466. The van der Waals surface area contributed by atoms with E-state index in [4.69, 9.17) is 45.3 Å². The van der Waals surface area contributed by atoms with Gasteiger partial charge in [-0.2, -0.15) is 49.5 Å². The lowest BCUT2D eigenvalue weighted by atomic mass is 10.0. The third kappa shape index (κ3) is 14.8. The molecular formula is C27H28F9N4O11PS2. The van der Waals surface area contributed by atoms with Crippen molar-refractivity contribution in [3.63, 3.8) is 0 Å². The average Bonchev–Trinajstić information content (AvgIpc) is 3.45. The molecule has 8 N–H and O–H groups in total. The molecule has 1 unspecified atom stereocenters. The van der Waals surface area contributed by atoms with Crippen LogP contribution in [0.4, 0.5) is 39.5 Å². The summed E-state index contributed by atoms with van der Waals surface area (Å²) >= 11 is 0.218. The van der Waals surface area contributed by atoms with Crippen molar-refractivity contribution < 1.29 is 91.2 Å². The number of carboxylic acid groups (broad SMARTS) is 2. The van der Waals surface area contributed by atoms with Crippen LogP contribution >= 0.6 is 18.9 Å². The van der Waals surface area contributed by atoms with E-state index in [0.29, 0.717) is 12.8 Å². The predicted octanol–water partition coefficient (Wildman–Crippen LogP) is 5.01. The highest BCUT2D eigenvalue weighted by molar-refractivity contribution is 7.92. The van der Waals surface area contributed by atoms with Crippen molar-refractivity contribution in [3.8, 4) is 23.3 Å². The first-order valence-corrected chi connectivity index (χ1v) is 18.2. The molecule has 3 aromatic rings.